The lowest BCUT2D eigenvalue weighted by Crippen LogP contribution is -2.46. The van der Waals surface area contributed by atoms with Crippen LogP contribution in [0.4, 0.5) is 5.69 Å². The van der Waals surface area contributed by atoms with Gasteiger partial charge in [0, 0.05) is 50.1 Å². The van der Waals surface area contributed by atoms with Gasteiger partial charge in [-0.05, 0) is 44.0 Å². The quantitative estimate of drug-likeness (QED) is 0.739. The lowest BCUT2D eigenvalue weighted by atomic mass is 10.1. The van der Waals surface area contributed by atoms with Crippen LogP contribution in [0.3, 0.4) is 0 Å². The minimum atomic E-state index is 0.104. The number of anilines is 1. The number of fused-ring (bicyclic) bond motifs is 1. The van der Waals surface area contributed by atoms with Crippen LogP contribution in [0.1, 0.15) is 43.1 Å². The van der Waals surface area contributed by atoms with Crippen molar-refractivity contribution in [3.8, 4) is 0 Å². The lowest BCUT2D eigenvalue weighted by Gasteiger charge is -2.35. The molecule has 0 spiro atoms. The minimum absolute atomic E-state index is 0.104. The second-order valence-electron chi connectivity index (χ2n) is 8.40. The molecule has 7 heteroatoms. The first-order valence-corrected chi connectivity index (χ1v) is 10.7. The molecule has 0 amide bonds. The molecule has 1 aliphatic carbocycles. The fraction of sp³-hybridized carbons (Fsp3) is 0.500. The van der Waals surface area contributed by atoms with E-state index in [0.29, 0.717) is 6.04 Å². The van der Waals surface area contributed by atoms with Gasteiger partial charge in [0.25, 0.3) is 5.56 Å². The van der Waals surface area contributed by atoms with Crippen molar-refractivity contribution >= 4 is 16.6 Å². The van der Waals surface area contributed by atoms with Gasteiger partial charge in [0.05, 0.1) is 22.9 Å². The predicted molar refractivity (Wildman–Crippen MR) is 114 cm³/mol. The summed E-state index contributed by atoms with van der Waals surface area (Å²) in [5.41, 5.74) is 4.26. The van der Waals surface area contributed by atoms with E-state index in [4.69, 9.17) is 0 Å². The van der Waals surface area contributed by atoms with Crippen molar-refractivity contribution < 1.29 is 0 Å². The Hall–Kier alpha value is -2.67. The number of piperazine rings is 1. The summed E-state index contributed by atoms with van der Waals surface area (Å²) >= 11 is 0. The molecule has 3 aromatic rings. The van der Waals surface area contributed by atoms with E-state index in [1.165, 1.54) is 12.8 Å². The molecule has 0 unspecified atom stereocenters. The maximum atomic E-state index is 12.9. The third kappa shape index (κ3) is 3.67. The molecule has 1 saturated carbocycles. The number of H-pyrrole nitrogens is 1. The third-order valence-corrected chi connectivity index (χ3v) is 6.37. The summed E-state index contributed by atoms with van der Waals surface area (Å²) in [5.74, 6) is 0. The highest BCUT2D eigenvalue weighted by Gasteiger charge is 2.21. The average molecular weight is 393 g/mol. The van der Waals surface area contributed by atoms with Crippen LogP contribution >= 0.6 is 0 Å². The number of aromatic nitrogens is 4. The first kappa shape index (κ1) is 18.4. The highest BCUT2D eigenvalue weighted by Crippen LogP contribution is 2.28. The molecule has 1 N–H and O–H groups in total. The van der Waals surface area contributed by atoms with Crippen LogP contribution in [0.2, 0.25) is 0 Å². The molecule has 0 bridgehead atoms. The van der Waals surface area contributed by atoms with E-state index >= 15 is 0 Å². The predicted octanol–water partition coefficient (Wildman–Crippen LogP) is 2.87. The first-order chi connectivity index (χ1) is 14.2. The zero-order chi connectivity index (χ0) is 19.8. The highest BCUT2D eigenvalue weighted by atomic mass is 16.1. The van der Waals surface area contributed by atoms with Crippen molar-refractivity contribution in [2.75, 3.05) is 31.1 Å². The molecule has 1 saturated heterocycles. The number of nitrogens with one attached hydrogen (secondary N) is 1. The molecule has 3 heterocycles. The summed E-state index contributed by atoms with van der Waals surface area (Å²) < 4.78 is 1.85. The maximum Gasteiger partial charge on any atom is 0.261 e. The van der Waals surface area contributed by atoms with Crippen LogP contribution in [-0.2, 0) is 6.54 Å². The second kappa shape index (κ2) is 7.63. The van der Waals surface area contributed by atoms with Gasteiger partial charge in [-0.25, -0.2) is 4.98 Å². The Kier molecular flexibility index (Phi) is 4.83. The lowest BCUT2D eigenvalue weighted by molar-refractivity contribution is 0.247. The van der Waals surface area contributed by atoms with Crippen molar-refractivity contribution in [2.45, 2.75) is 45.2 Å². The molecule has 7 nitrogen and oxygen atoms in total. The number of rotatable bonds is 4. The molecule has 1 aromatic carbocycles. The van der Waals surface area contributed by atoms with Gasteiger partial charge in [-0.2, -0.15) is 5.10 Å². The van der Waals surface area contributed by atoms with Crippen LogP contribution in [0.15, 0.2) is 35.4 Å². The number of hydrogen-bond acceptors (Lipinski definition) is 5. The van der Waals surface area contributed by atoms with E-state index in [2.05, 4.69) is 43.2 Å². The molecule has 5 rings (SSSR count). The van der Waals surface area contributed by atoms with E-state index in [9.17, 15) is 4.79 Å². The largest absolute Gasteiger partial charge is 0.369 e. The van der Waals surface area contributed by atoms with Crippen molar-refractivity contribution in [1.82, 2.24) is 24.6 Å². The molecule has 0 atom stereocenters. The van der Waals surface area contributed by atoms with E-state index in [1.807, 2.05) is 17.6 Å². The fourth-order valence-corrected chi connectivity index (χ4v) is 4.71. The van der Waals surface area contributed by atoms with E-state index in [0.717, 1.165) is 73.5 Å². The van der Waals surface area contributed by atoms with Gasteiger partial charge in [-0.15, -0.1) is 0 Å². The van der Waals surface area contributed by atoms with Crippen LogP contribution in [-0.4, -0.2) is 50.8 Å². The first-order valence-electron chi connectivity index (χ1n) is 10.7. The SMILES string of the molecule is Cc1cc(CN2CCN(c3ccc4c(=O)n(C5CCCC5)cnc4c3)CC2)n[nH]1. The summed E-state index contributed by atoms with van der Waals surface area (Å²) in [6, 6.07) is 8.55. The summed E-state index contributed by atoms with van der Waals surface area (Å²) in [7, 11) is 0. The molecule has 0 radical (unpaired) electrons. The second-order valence-corrected chi connectivity index (χ2v) is 8.40. The summed E-state index contributed by atoms with van der Waals surface area (Å²) in [5, 5.41) is 8.09. The van der Waals surface area contributed by atoms with Gasteiger partial charge in [0.15, 0.2) is 0 Å². The highest BCUT2D eigenvalue weighted by molar-refractivity contribution is 5.81. The van der Waals surface area contributed by atoms with Crippen LogP contribution < -0.4 is 10.5 Å². The standard InChI is InChI=1S/C22H28N6O/c1-16-12-17(25-24-16)14-26-8-10-27(11-9-26)19-6-7-20-21(13-19)23-15-28(22(20)29)18-4-2-3-5-18/h6-7,12-13,15,18H,2-5,8-11,14H2,1H3,(H,24,25). The molecule has 2 aliphatic rings. The van der Waals surface area contributed by atoms with Crippen LogP contribution in [0, 0.1) is 6.92 Å². The number of benzene rings is 1. The summed E-state index contributed by atoms with van der Waals surface area (Å²) in [6.45, 7) is 6.85. The van der Waals surface area contributed by atoms with Crippen molar-refractivity contribution in [3.05, 3.63) is 52.3 Å². The smallest absolute Gasteiger partial charge is 0.261 e. The Labute approximate surface area is 170 Å². The van der Waals surface area contributed by atoms with Gasteiger partial charge in [-0.1, -0.05) is 12.8 Å². The minimum Gasteiger partial charge on any atom is -0.369 e. The van der Waals surface area contributed by atoms with Crippen molar-refractivity contribution in [1.29, 1.82) is 0 Å². The molecular weight excluding hydrogens is 364 g/mol. The maximum absolute atomic E-state index is 12.9. The Morgan fingerprint density at radius 1 is 1.10 bits per heavy atom. The van der Waals surface area contributed by atoms with Crippen molar-refractivity contribution in [3.63, 3.8) is 0 Å². The summed E-state index contributed by atoms with van der Waals surface area (Å²) in [4.78, 5) is 22.4. The third-order valence-electron chi connectivity index (χ3n) is 6.37. The molecule has 152 valence electrons. The van der Waals surface area contributed by atoms with E-state index in [1.54, 1.807) is 6.33 Å². The molecular formula is C22H28N6O. The van der Waals surface area contributed by atoms with Gasteiger partial charge in [0.1, 0.15) is 0 Å². The zero-order valence-corrected chi connectivity index (χ0v) is 17.0. The number of hydrogen-bond donors (Lipinski definition) is 1. The molecule has 1 aliphatic heterocycles. The van der Waals surface area contributed by atoms with E-state index in [-0.39, 0.29) is 5.56 Å². The fourth-order valence-electron chi connectivity index (χ4n) is 4.71. The Morgan fingerprint density at radius 2 is 1.90 bits per heavy atom. The number of aromatic amines is 1. The van der Waals surface area contributed by atoms with Gasteiger partial charge >= 0.3 is 0 Å². The van der Waals surface area contributed by atoms with Gasteiger partial charge < -0.3 is 4.90 Å². The van der Waals surface area contributed by atoms with Crippen molar-refractivity contribution in [2.24, 2.45) is 0 Å². The normalized spacial score (nSPS) is 18.7. The molecule has 29 heavy (non-hydrogen) atoms. The van der Waals surface area contributed by atoms with Crippen LogP contribution in [0.25, 0.3) is 10.9 Å². The molecule has 2 aromatic heterocycles. The Balaban J connectivity index is 1.29. The Bertz CT molecular complexity index is 1060. The zero-order valence-electron chi connectivity index (χ0n) is 17.0. The van der Waals surface area contributed by atoms with E-state index < -0.39 is 0 Å². The molecule has 2 fully saturated rings. The Morgan fingerprint density at radius 3 is 2.62 bits per heavy atom. The van der Waals surface area contributed by atoms with Gasteiger partial charge in [-0.3, -0.25) is 19.4 Å². The summed E-state index contributed by atoms with van der Waals surface area (Å²) in [6.07, 6.45) is 6.36. The van der Waals surface area contributed by atoms with Crippen LogP contribution in [0.5, 0.6) is 0 Å². The average Bonchev–Trinajstić information content (AvgIpc) is 3.41. The van der Waals surface area contributed by atoms with Gasteiger partial charge in [0.2, 0.25) is 0 Å². The topological polar surface area (TPSA) is 70.1 Å². The number of aryl methyl sites for hydroxylation is 1. The number of nitrogens with zero attached hydrogens (tertiary/aromatic N) is 5. The monoisotopic (exact) mass is 392 g/mol.